The molecule has 4 saturated carbocycles. The first-order valence-electron chi connectivity index (χ1n) is 11.3. The molecule has 6 rings (SSSR count). The fourth-order valence-electron chi connectivity index (χ4n) is 6.31. The molecule has 2 aromatic carbocycles. The average Bonchev–Trinajstić information content (AvgIpc) is 2.74. The summed E-state index contributed by atoms with van der Waals surface area (Å²) in [6, 6.07) is 11.0. The number of hydrazone groups is 1. The molecular formula is C25H29N3O3. The van der Waals surface area contributed by atoms with Crippen LogP contribution in [0.3, 0.4) is 0 Å². The number of benzene rings is 2. The molecule has 6 nitrogen and oxygen atoms in total. The molecule has 0 heterocycles. The fourth-order valence-corrected chi connectivity index (χ4v) is 6.31. The van der Waals surface area contributed by atoms with E-state index in [-0.39, 0.29) is 23.6 Å². The third-order valence-electron chi connectivity index (χ3n) is 7.46. The average molecular weight is 420 g/mol. The zero-order valence-corrected chi connectivity index (χ0v) is 17.8. The molecule has 0 atom stereocenters. The van der Waals surface area contributed by atoms with Gasteiger partial charge in [0, 0.05) is 17.1 Å². The van der Waals surface area contributed by atoms with E-state index in [0.717, 1.165) is 17.2 Å². The van der Waals surface area contributed by atoms with Gasteiger partial charge in [-0.2, -0.15) is 5.10 Å². The zero-order valence-electron chi connectivity index (χ0n) is 17.8. The minimum atomic E-state index is -0.496. The minimum absolute atomic E-state index is 0.0264. The monoisotopic (exact) mass is 419 g/mol. The number of fused-ring (bicyclic) bond motifs is 1. The van der Waals surface area contributed by atoms with Crippen LogP contribution in [0.2, 0.25) is 0 Å². The van der Waals surface area contributed by atoms with Crippen molar-refractivity contribution in [2.45, 2.75) is 51.5 Å². The van der Waals surface area contributed by atoms with E-state index in [1.165, 1.54) is 32.1 Å². The highest BCUT2D eigenvalue weighted by atomic mass is 16.3. The predicted octanol–water partition coefficient (Wildman–Crippen LogP) is 3.98. The second-order valence-electron chi connectivity index (χ2n) is 9.67. The summed E-state index contributed by atoms with van der Waals surface area (Å²) in [5, 5.41) is 19.3. The van der Waals surface area contributed by atoms with Crippen molar-refractivity contribution in [1.29, 1.82) is 0 Å². The Morgan fingerprint density at radius 1 is 1.00 bits per heavy atom. The largest absolute Gasteiger partial charge is 0.506 e. The van der Waals surface area contributed by atoms with E-state index in [4.69, 9.17) is 0 Å². The number of aromatic hydroxyl groups is 1. The van der Waals surface area contributed by atoms with Crippen LogP contribution in [0.1, 0.15) is 55.8 Å². The molecule has 0 aromatic heterocycles. The Morgan fingerprint density at radius 3 is 2.39 bits per heavy atom. The number of rotatable bonds is 5. The summed E-state index contributed by atoms with van der Waals surface area (Å²) in [4.78, 5) is 25.1. The topological polar surface area (TPSA) is 90.8 Å². The van der Waals surface area contributed by atoms with Crippen molar-refractivity contribution in [3.05, 3.63) is 42.0 Å². The minimum Gasteiger partial charge on any atom is -0.506 e. The molecular weight excluding hydrogens is 390 g/mol. The SMILES string of the molecule is CC(CC(=O)NC1C2CC3CC(C2)CC1C3)=NNC(=O)c1ccc2ccccc2c1O. The maximum absolute atomic E-state index is 12.6. The summed E-state index contributed by atoms with van der Waals surface area (Å²) in [5.41, 5.74) is 3.17. The second-order valence-corrected chi connectivity index (χ2v) is 9.67. The normalized spacial score (nSPS) is 29.2. The molecule has 2 aromatic rings. The fraction of sp³-hybridized carbons (Fsp3) is 0.480. The number of amides is 2. The standard InChI is InChI=1S/C25H29N3O3/c1-14(8-22(29)26-23-18-10-15-9-16(12-18)13-19(23)11-15)27-28-25(31)21-7-6-17-4-2-3-5-20(17)24(21)30/h2-7,15-16,18-19,23,30H,8-13H2,1H3,(H,26,29)(H,28,31). The second kappa shape index (κ2) is 7.98. The molecule has 0 saturated heterocycles. The lowest BCUT2D eigenvalue weighted by atomic mass is 9.54. The first-order valence-corrected chi connectivity index (χ1v) is 11.3. The molecule has 0 radical (unpaired) electrons. The van der Waals surface area contributed by atoms with Gasteiger partial charge in [0.15, 0.2) is 0 Å². The van der Waals surface area contributed by atoms with Crippen molar-refractivity contribution in [1.82, 2.24) is 10.7 Å². The van der Waals surface area contributed by atoms with Crippen molar-refractivity contribution in [2.75, 3.05) is 0 Å². The molecule has 4 aliphatic rings. The Bertz CT molecular complexity index is 1030. The number of hydrogen-bond donors (Lipinski definition) is 3. The van der Waals surface area contributed by atoms with Crippen LogP contribution in [0.25, 0.3) is 10.8 Å². The maximum atomic E-state index is 12.6. The van der Waals surface area contributed by atoms with Crippen LogP contribution in [0.15, 0.2) is 41.5 Å². The summed E-state index contributed by atoms with van der Waals surface area (Å²) < 4.78 is 0. The van der Waals surface area contributed by atoms with Gasteiger partial charge in [0.25, 0.3) is 5.91 Å². The van der Waals surface area contributed by atoms with Gasteiger partial charge in [-0.05, 0) is 74.2 Å². The number of nitrogens with one attached hydrogen (secondary N) is 2. The van der Waals surface area contributed by atoms with Crippen molar-refractivity contribution in [3.63, 3.8) is 0 Å². The highest BCUT2D eigenvalue weighted by molar-refractivity contribution is 6.05. The molecule has 2 amide bonds. The van der Waals surface area contributed by atoms with E-state index in [9.17, 15) is 14.7 Å². The van der Waals surface area contributed by atoms with Crippen molar-refractivity contribution >= 4 is 28.3 Å². The first kappa shape index (κ1) is 20.0. The molecule has 4 aliphatic carbocycles. The summed E-state index contributed by atoms with van der Waals surface area (Å²) in [6.45, 7) is 1.73. The van der Waals surface area contributed by atoms with E-state index in [1.807, 2.05) is 18.2 Å². The van der Waals surface area contributed by atoms with Crippen molar-refractivity contribution in [3.8, 4) is 5.75 Å². The molecule has 31 heavy (non-hydrogen) atoms. The summed E-state index contributed by atoms with van der Waals surface area (Å²) in [6.07, 6.45) is 6.60. The molecule has 0 aliphatic heterocycles. The van der Waals surface area contributed by atoms with Gasteiger partial charge in [0.1, 0.15) is 5.75 Å². The van der Waals surface area contributed by atoms with Gasteiger partial charge in [-0.1, -0.05) is 30.3 Å². The number of carbonyl (C=O) groups excluding carboxylic acids is 2. The van der Waals surface area contributed by atoms with Crippen molar-refractivity contribution < 1.29 is 14.7 Å². The third-order valence-corrected chi connectivity index (χ3v) is 7.46. The Balaban J connectivity index is 1.18. The van der Waals surface area contributed by atoms with Gasteiger partial charge in [-0.25, -0.2) is 5.43 Å². The highest BCUT2D eigenvalue weighted by Crippen LogP contribution is 2.53. The molecule has 4 bridgehead atoms. The van der Waals surface area contributed by atoms with Gasteiger partial charge >= 0.3 is 0 Å². The molecule has 0 spiro atoms. The quantitative estimate of drug-likeness (QED) is 0.506. The van der Waals surface area contributed by atoms with E-state index in [0.29, 0.717) is 29.0 Å². The number of hydrogen-bond acceptors (Lipinski definition) is 4. The predicted molar refractivity (Wildman–Crippen MR) is 120 cm³/mol. The highest BCUT2D eigenvalue weighted by Gasteiger charge is 2.48. The lowest BCUT2D eigenvalue weighted by Gasteiger charge is -2.54. The number of carbonyl (C=O) groups is 2. The lowest BCUT2D eigenvalue weighted by molar-refractivity contribution is -0.123. The lowest BCUT2D eigenvalue weighted by Crippen LogP contribution is -2.56. The van der Waals surface area contributed by atoms with Crippen molar-refractivity contribution in [2.24, 2.45) is 28.8 Å². The van der Waals surface area contributed by atoms with E-state index >= 15 is 0 Å². The smallest absolute Gasteiger partial charge is 0.275 e. The van der Waals surface area contributed by atoms with Gasteiger partial charge in [0.05, 0.1) is 12.0 Å². The first-order chi connectivity index (χ1) is 15.0. The molecule has 0 unspecified atom stereocenters. The molecule has 162 valence electrons. The molecule has 3 N–H and O–H groups in total. The number of phenols is 1. The van der Waals surface area contributed by atoms with Crippen LogP contribution in [0.5, 0.6) is 5.75 Å². The van der Waals surface area contributed by atoms with E-state index in [2.05, 4.69) is 15.8 Å². The van der Waals surface area contributed by atoms with E-state index in [1.54, 1.807) is 25.1 Å². The Hall–Kier alpha value is -2.89. The maximum Gasteiger partial charge on any atom is 0.275 e. The van der Waals surface area contributed by atoms with Gasteiger partial charge < -0.3 is 10.4 Å². The van der Waals surface area contributed by atoms with Crippen LogP contribution in [0.4, 0.5) is 0 Å². The number of nitrogens with zero attached hydrogens (tertiary/aromatic N) is 1. The summed E-state index contributed by atoms with van der Waals surface area (Å²) in [7, 11) is 0. The molecule has 4 fully saturated rings. The van der Waals surface area contributed by atoms with Crippen LogP contribution < -0.4 is 10.7 Å². The number of phenolic OH excluding ortho intramolecular Hbond substituents is 1. The van der Waals surface area contributed by atoms with Gasteiger partial charge in [-0.15, -0.1) is 0 Å². The van der Waals surface area contributed by atoms with Gasteiger partial charge in [0.2, 0.25) is 5.91 Å². The summed E-state index contributed by atoms with van der Waals surface area (Å²) >= 11 is 0. The Morgan fingerprint density at radius 2 is 1.68 bits per heavy atom. The van der Waals surface area contributed by atoms with Crippen LogP contribution >= 0.6 is 0 Å². The van der Waals surface area contributed by atoms with Crippen LogP contribution in [0, 0.1) is 23.7 Å². The third kappa shape index (κ3) is 3.91. The Kier molecular flexibility index (Phi) is 5.16. The summed E-state index contributed by atoms with van der Waals surface area (Å²) in [5.74, 6) is 2.43. The Labute approximate surface area is 182 Å². The van der Waals surface area contributed by atoms with Crippen LogP contribution in [-0.2, 0) is 4.79 Å². The van der Waals surface area contributed by atoms with Gasteiger partial charge in [-0.3, -0.25) is 9.59 Å². The zero-order chi connectivity index (χ0) is 21.5. The van der Waals surface area contributed by atoms with Crippen LogP contribution in [-0.4, -0.2) is 28.7 Å². The molecule has 6 heteroatoms. The van der Waals surface area contributed by atoms with E-state index < -0.39 is 5.91 Å².